The molecule has 1 nitrogen and oxygen atoms in total. The number of benzene rings is 1. The summed E-state index contributed by atoms with van der Waals surface area (Å²) in [5.74, 6) is -1.37. The van der Waals surface area contributed by atoms with Crippen LogP contribution in [0.4, 0.5) is 17.6 Å². The number of hydrogen-bond donors (Lipinski definition) is 0. The van der Waals surface area contributed by atoms with Crippen LogP contribution >= 0.6 is 11.6 Å². The Morgan fingerprint density at radius 2 is 1.94 bits per heavy atom. The number of nitrogens with zero attached hydrogens (tertiary/aromatic N) is 1. The van der Waals surface area contributed by atoms with Crippen molar-refractivity contribution in [1.82, 2.24) is 0 Å². The van der Waals surface area contributed by atoms with Gasteiger partial charge in [0.25, 0.3) is 0 Å². The summed E-state index contributed by atoms with van der Waals surface area (Å²) in [5, 5.41) is 8.43. The van der Waals surface area contributed by atoms with Crippen LogP contribution in [0.25, 0.3) is 5.03 Å². The minimum atomic E-state index is -4.79. The van der Waals surface area contributed by atoms with E-state index in [2.05, 4.69) is 0 Å². The van der Waals surface area contributed by atoms with E-state index in [-0.39, 0.29) is 16.2 Å². The van der Waals surface area contributed by atoms with Crippen molar-refractivity contribution in [2.24, 2.45) is 0 Å². The Kier molecular flexibility index (Phi) is 3.79. The molecule has 0 saturated carbocycles. The van der Waals surface area contributed by atoms with E-state index in [9.17, 15) is 17.6 Å². The molecular formula is C11H6ClF4N. The van der Waals surface area contributed by atoms with Crippen LogP contribution in [-0.4, -0.2) is 0 Å². The zero-order valence-electron chi connectivity index (χ0n) is 8.57. The lowest BCUT2D eigenvalue weighted by atomic mass is 10.1. The van der Waals surface area contributed by atoms with Gasteiger partial charge in [-0.1, -0.05) is 17.7 Å². The fourth-order valence-corrected chi connectivity index (χ4v) is 1.30. The number of halogens is 5. The lowest BCUT2D eigenvalue weighted by molar-refractivity contribution is -0.140. The third-order valence-corrected chi connectivity index (χ3v) is 2.52. The van der Waals surface area contributed by atoms with Gasteiger partial charge in [-0.25, -0.2) is 4.39 Å². The van der Waals surface area contributed by atoms with Gasteiger partial charge in [-0.05, 0) is 24.6 Å². The molecule has 0 saturated heterocycles. The highest BCUT2D eigenvalue weighted by atomic mass is 35.5. The van der Waals surface area contributed by atoms with E-state index in [0.717, 1.165) is 6.07 Å². The van der Waals surface area contributed by atoms with Crippen molar-refractivity contribution >= 4 is 16.6 Å². The second kappa shape index (κ2) is 4.76. The van der Waals surface area contributed by atoms with Gasteiger partial charge in [-0.15, -0.1) is 0 Å². The zero-order valence-corrected chi connectivity index (χ0v) is 9.33. The van der Waals surface area contributed by atoms with Crippen LogP contribution in [-0.2, 0) is 6.18 Å². The van der Waals surface area contributed by atoms with Crippen molar-refractivity contribution in [3.8, 4) is 6.07 Å². The second-order valence-corrected chi connectivity index (χ2v) is 3.62. The van der Waals surface area contributed by atoms with Crippen LogP contribution in [0.15, 0.2) is 23.8 Å². The number of alkyl halides is 3. The van der Waals surface area contributed by atoms with Crippen LogP contribution < -0.4 is 0 Å². The molecular weight excluding hydrogens is 258 g/mol. The maximum atomic E-state index is 13.0. The first-order valence-corrected chi connectivity index (χ1v) is 4.78. The molecule has 0 bridgehead atoms. The molecule has 1 aromatic carbocycles. The van der Waals surface area contributed by atoms with Crippen LogP contribution in [0.2, 0.25) is 0 Å². The molecule has 90 valence electrons. The lowest BCUT2D eigenvalue weighted by Gasteiger charge is -2.09. The molecule has 0 spiro atoms. The fraction of sp³-hybridized carbons (Fsp3) is 0.182. The highest BCUT2D eigenvalue weighted by Crippen LogP contribution is 2.34. The van der Waals surface area contributed by atoms with Gasteiger partial charge >= 0.3 is 6.18 Å². The SMILES string of the molecule is CC(C#N)=C(Cl)c1ccc(F)c(C(F)(F)F)c1. The van der Waals surface area contributed by atoms with E-state index < -0.39 is 17.6 Å². The van der Waals surface area contributed by atoms with Gasteiger partial charge in [0.1, 0.15) is 5.82 Å². The van der Waals surface area contributed by atoms with Crippen molar-refractivity contribution < 1.29 is 17.6 Å². The fourth-order valence-electron chi connectivity index (χ4n) is 1.14. The first kappa shape index (κ1) is 13.5. The van der Waals surface area contributed by atoms with Crippen molar-refractivity contribution in [2.45, 2.75) is 13.1 Å². The number of rotatable bonds is 1. The monoisotopic (exact) mass is 263 g/mol. The molecule has 0 amide bonds. The number of allylic oxidation sites excluding steroid dienone is 1. The average molecular weight is 264 g/mol. The van der Waals surface area contributed by atoms with Crippen LogP contribution in [0.3, 0.4) is 0 Å². The summed E-state index contributed by atoms with van der Waals surface area (Å²) in [6.07, 6.45) is -4.79. The topological polar surface area (TPSA) is 23.8 Å². The maximum absolute atomic E-state index is 13.0. The normalized spacial score (nSPS) is 13.0. The Morgan fingerprint density at radius 3 is 2.41 bits per heavy atom. The standard InChI is InChI=1S/C11H6ClF4N/c1-6(5-17)10(12)7-2-3-9(13)8(4-7)11(14,15)16/h2-4H,1H3. The van der Waals surface area contributed by atoms with Crippen molar-refractivity contribution in [3.63, 3.8) is 0 Å². The predicted octanol–water partition coefficient (Wildman–Crippen LogP) is 4.34. The Morgan fingerprint density at radius 1 is 1.35 bits per heavy atom. The van der Waals surface area contributed by atoms with E-state index in [1.54, 1.807) is 6.07 Å². The van der Waals surface area contributed by atoms with Gasteiger partial charge in [0.2, 0.25) is 0 Å². The van der Waals surface area contributed by atoms with Crippen LogP contribution in [0.5, 0.6) is 0 Å². The molecule has 6 heteroatoms. The van der Waals surface area contributed by atoms with Crippen LogP contribution in [0, 0.1) is 17.1 Å². The summed E-state index contributed by atoms with van der Waals surface area (Å²) >= 11 is 5.70. The van der Waals surface area contributed by atoms with Crippen molar-refractivity contribution in [1.29, 1.82) is 5.26 Å². The summed E-state index contributed by atoms with van der Waals surface area (Å²) in [7, 11) is 0. The summed E-state index contributed by atoms with van der Waals surface area (Å²) in [5.41, 5.74) is -1.38. The molecule has 17 heavy (non-hydrogen) atoms. The molecule has 1 aromatic rings. The van der Waals surface area contributed by atoms with E-state index in [0.29, 0.717) is 12.1 Å². The van der Waals surface area contributed by atoms with E-state index in [1.165, 1.54) is 6.92 Å². The molecule has 0 heterocycles. The molecule has 0 fully saturated rings. The van der Waals surface area contributed by atoms with Gasteiger partial charge in [-0.2, -0.15) is 18.4 Å². The summed E-state index contributed by atoms with van der Waals surface area (Å²) in [6, 6.07) is 4.05. The van der Waals surface area contributed by atoms with Crippen LogP contribution in [0.1, 0.15) is 18.1 Å². The first-order chi connectivity index (χ1) is 7.77. The van der Waals surface area contributed by atoms with E-state index in [4.69, 9.17) is 16.9 Å². The van der Waals surface area contributed by atoms with Crippen molar-refractivity contribution in [3.05, 3.63) is 40.7 Å². The summed E-state index contributed by atoms with van der Waals surface area (Å²) in [6.45, 7) is 1.36. The average Bonchev–Trinajstić information content (AvgIpc) is 2.26. The summed E-state index contributed by atoms with van der Waals surface area (Å²) in [4.78, 5) is 0. The third-order valence-electron chi connectivity index (χ3n) is 2.02. The number of hydrogen-bond acceptors (Lipinski definition) is 1. The third kappa shape index (κ3) is 2.98. The minimum Gasteiger partial charge on any atom is -0.206 e. The zero-order chi connectivity index (χ0) is 13.2. The van der Waals surface area contributed by atoms with Crippen molar-refractivity contribution in [2.75, 3.05) is 0 Å². The minimum absolute atomic E-state index is 0.0422. The molecule has 0 N–H and O–H groups in total. The van der Waals surface area contributed by atoms with Gasteiger partial charge in [-0.3, -0.25) is 0 Å². The Bertz CT molecular complexity index is 511. The molecule has 0 aliphatic carbocycles. The Hall–Kier alpha value is -1.54. The highest BCUT2D eigenvalue weighted by Gasteiger charge is 2.34. The molecule has 0 aromatic heterocycles. The highest BCUT2D eigenvalue weighted by molar-refractivity contribution is 6.49. The maximum Gasteiger partial charge on any atom is 0.419 e. The van der Waals surface area contributed by atoms with Gasteiger partial charge in [0, 0.05) is 5.57 Å². The molecule has 0 aliphatic heterocycles. The lowest BCUT2D eigenvalue weighted by Crippen LogP contribution is -2.08. The molecule has 0 unspecified atom stereocenters. The van der Waals surface area contributed by atoms with E-state index >= 15 is 0 Å². The molecule has 0 aliphatic rings. The quantitative estimate of drug-likeness (QED) is 0.546. The smallest absolute Gasteiger partial charge is 0.206 e. The Balaban J connectivity index is 3.39. The second-order valence-electron chi connectivity index (χ2n) is 3.24. The van der Waals surface area contributed by atoms with Gasteiger partial charge in [0.05, 0.1) is 16.7 Å². The Labute approximate surface area is 99.9 Å². The molecule has 0 atom stereocenters. The number of nitriles is 1. The molecule has 0 radical (unpaired) electrons. The summed E-state index contributed by atoms with van der Waals surface area (Å²) < 4.78 is 50.2. The largest absolute Gasteiger partial charge is 0.419 e. The van der Waals surface area contributed by atoms with Gasteiger partial charge in [0.15, 0.2) is 0 Å². The predicted molar refractivity (Wildman–Crippen MR) is 55.5 cm³/mol. The first-order valence-electron chi connectivity index (χ1n) is 4.41. The molecule has 1 rings (SSSR count). The van der Waals surface area contributed by atoms with Gasteiger partial charge < -0.3 is 0 Å². The van der Waals surface area contributed by atoms with E-state index in [1.807, 2.05) is 0 Å².